The highest BCUT2D eigenvalue weighted by molar-refractivity contribution is 7.26. The number of fused-ring (bicyclic) bond motifs is 6. The smallest absolute Gasteiger partial charge is 0.0555 e. The molecular weight excluding hydrogens is 781 g/mol. The third-order valence-corrected chi connectivity index (χ3v) is 13.6. The normalized spacial score (nSPS) is 11.5. The summed E-state index contributed by atoms with van der Waals surface area (Å²) < 4.78 is 4.99. The second kappa shape index (κ2) is 15.5. The molecule has 0 spiro atoms. The average Bonchev–Trinajstić information content (AvgIpc) is 3.91. The van der Waals surface area contributed by atoms with E-state index in [2.05, 4.69) is 252 Å². The van der Waals surface area contributed by atoms with Crippen LogP contribution in [0.4, 0.5) is 17.1 Å². The van der Waals surface area contributed by atoms with Crippen LogP contribution in [0.15, 0.2) is 243 Å². The summed E-state index contributed by atoms with van der Waals surface area (Å²) >= 11 is 1.86. The third kappa shape index (κ3) is 6.41. The van der Waals surface area contributed by atoms with Gasteiger partial charge < -0.3 is 9.47 Å². The van der Waals surface area contributed by atoms with Crippen LogP contribution < -0.4 is 4.90 Å². The summed E-state index contributed by atoms with van der Waals surface area (Å²) in [6.45, 7) is 0. The Kier molecular flexibility index (Phi) is 9.06. The van der Waals surface area contributed by atoms with E-state index >= 15 is 0 Å². The zero-order valence-corrected chi connectivity index (χ0v) is 35.2. The van der Waals surface area contributed by atoms with Gasteiger partial charge in [0.05, 0.1) is 28.1 Å². The zero-order chi connectivity index (χ0) is 41.7. The summed E-state index contributed by atoms with van der Waals surface area (Å²) in [5, 5.41) is 5.07. The van der Waals surface area contributed by atoms with Crippen molar-refractivity contribution in [3.05, 3.63) is 243 Å². The molecule has 3 heteroatoms. The SMILES string of the molecule is c1ccc(-c2ccc(-c3ccccc3N(c3ccc(-c4cccc(-c5ccccc5-n5c6ccccc6c6ccccc65)c4)cc3)c3cccc4sc5ccccc5c34)cc2)cc1. The summed E-state index contributed by atoms with van der Waals surface area (Å²) in [6, 6.07) is 88.3. The lowest BCUT2D eigenvalue weighted by molar-refractivity contribution is 1.18. The van der Waals surface area contributed by atoms with Crippen LogP contribution in [0.3, 0.4) is 0 Å². The summed E-state index contributed by atoms with van der Waals surface area (Å²) in [5.74, 6) is 0. The van der Waals surface area contributed by atoms with E-state index in [1.54, 1.807) is 0 Å². The predicted octanol–water partition coefficient (Wildman–Crippen LogP) is 17.3. The molecule has 0 amide bonds. The van der Waals surface area contributed by atoms with Crippen LogP contribution >= 0.6 is 11.3 Å². The molecular formula is C60H40N2S. The summed E-state index contributed by atoms with van der Waals surface area (Å²) in [7, 11) is 0. The Morgan fingerprint density at radius 3 is 1.60 bits per heavy atom. The van der Waals surface area contributed by atoms with Crippen LogP contribution in [0.5, 0.6) is 0 Å². The fraction of sp³-hybridized carbons (Fsp3) is 0. The molecule has 0 unspecified atom stereocenters. The Morgan fingerprint density at radius 2 is 0.825 bits per heavy atom. The second-order valence-corrected chi connectivity index (χ2v) is 17.1. The lowest BCUT2D eigenvalue weighted by atomic mass is 9.96. The highest BCUT2D eigenvalue weighted by Gasteiger charge is 2.22. The molecule has 0 fully saturated rings. The van der Waals surface area contributed by atoms with E-state index in [1.807, 2.05) is 11.3 Å². The van der Waals surface area contributed by atoms with Crippen molar-refractivity contribution in [3.63, 3.8) is 0 Å². The van der Waals surface area contributed by atoms with Crippen molar-refractivity contribution in [2.45, 2.75) is 0 Å². The lowest BCUT2D eigenvalue weighted by Gasteiger charge is -2.29. The van der Waals surface area contributed by atoms with Gasteiger partial charge in [-0.2, -0.15) is 0 Å². The predicted molar refractivity (Wildman–Crippen MR) is 270 cm³/mol. The Bertz CT molecular complexity index is 3560. The summed E-state index contributed by atoms with van der Waals surface area (Å²) in [4.78, 5) is 2.46. The van der Waals surface area contributed by atoms with Crippen molar-refractivity contribution >= 4 is 70.4 Å². The highest BCUT2D eigenvalue weighted by Crippen LogP contribution is 2.48. The van der Waals surface area contributed by atoms with Gasteiger partial charge in [-0.05, 0) is 94.0 Å². The largest absolute Gasteiger partial charge is 0.309 e. The van der Waals surface area contributed by atoms with Gasteiger partial charge in [0, 0.05) is 47.8 Å². The Hall–Kier alpha value is -7.98. The van der Waals surface area contributed by atoms with Crippen molar-refractivity contribution in [3.8, 4) is 50.2 Å². The van der Waals surface area contributed by atoms with Gasteiger partial charge in [-0.25, -0.2) is 0 Å². The number of thiophene rings is 1. The molecule has 0 bridgehead atoms. The standard InChI is InChI=1S/C60H40N2S/c1-2-16-41(17-3-1)42-32-34-44(35-33-42)48-20-4-9-25-53(48)61(57-29-15-31-59-60(57)52-24-8-13-30-58(52)63-59)47-38-36-43(37-39-47)45-18-14-19-46(40-45)49-21-5-10-26-54(49)62-55-27-11-6-22-50(55)51-23-7-12-28-56(51)62/h1-40H. The maximum atomic E-state index is 2.46. The lowest BCUT2D eigenvalue weighted by Crippen LogP contribution is -2.11. The third-order valence-electron chi connectivity index (χ3n) is 12.4. The molecule has 12 rings (SSSR count). The maximum Gasteiger partial charge on any atom is 0.0555 e. The number of rotatable bonds is 8. The molecule has 0 atom stereocenters. The number of hydrogen-bond donors (Lipinski definition) is 0. The van der Waals surface area contributed by atoms with Crippen LogP contribution in [0.25, 0.3) is 92.2 Å². The zero-order valence-electron chi connectivity index (χ0n) is 34.4. The van der Waals surface area contributed by atoms with Gasteiger partial charge >= 0.3 is 0 Å². The van der Waals surface area contributed by atoms with Crippen molar-refractivity contribution in [1.82, 2.24) is 4.57 Å². The monoisotopic (exact) mass is 820 g/mol. The minimum absolute atomic E-state index is 1.10. The molecule has 0 N–H and O–H groups in total. The first-order valence-corrected chi connectivity index (χ1v) is 22.3. The fourth-order valence-corrected chi connectivity index (χ4v) is 10.6. The first-order chi connectivity index (χ1) is 31.3. The first-order valence-electron chi connectivity index (χ1n) is 21.5. The van der Waals surface area contributed by atoms with Gasteiger partial charge in [-0.3, -0.25) is 0 Å². The summed E-state index contributed by atoms with van der Waals surface area (Å²) in [6.07, 6.45) is 0. The van der Waals surface area contributed by atoms with Crippen LogP contribution in [-0.4, -0.2) is 4.57 Å². The fourth-order valence-electron chi connectivity index (χ4n) is 9.50. The molecule has 63 heavy (non-hydrogen) atoms. The van der Waals surface area contributed by atoms with Gasteiger partial charge in [0.15, 0.2) is 0 Å². The molecule has 0 saturated heterocycles. The number of hydrogen-bond acceptors (Lipinski definition) is 2. The van der Waals surface area contributed by atoms with E-state index in [1.165, 1.54) is 92.2 Å². The minimum atomic E-state index is 1.10. The average molecular weight is 821 g/mol. The molecule has 0 aliphatic heterocycles. The van der Waals surface area contributed by atoms with Crippen molar-refractivity contribution in [2.24, 2.45) is 0 Å². The Morgan fingerprint density at radius 1 is 0.317 bits per heavy atom. The maximum absolute atomic E-state index is 2.46. The summed E-state index contributed by atoms with van der Waals surface area (Å²) in [5.41, 5.74) is 16.5. The molecule has 0 radical (unpaired) electrons. The van der Waals surface area contributed by atoms with E-state index in [-0.39, 0.29) is 0 Å². The number of para-hydroxylation sites is 4. The quantitative estimate of drug-likeness (QED) is 0.148. The van der Waals surface area contributed by atoms with Crippen LogP contribution in [0.1, 0.15) is 0 Å². The molecule has 0 saturated carbocycles. The molecule has 2 nitrogen and oxygen atoms in total. The number of benzene rings is 10. The Labute approximate surface area is 370 Å². The molecule has 2 heterocycles. The topological polar surface area (TPSA) is 8.17 Å². The van der Waals surface area contributed by atoms with Gasteiger partial charge in [0.1, 0.15) is 0 Å². The van der Waals surface area contributed by atoms with Crippen LogP contribution in [0.2, 0.25) is 0 Å². The molecule has 12 aromatic rings. The Balaban J connectivity index is 0.972. The second-order valence-electron chi connectivity index (χ2n) is 16.1. The van der Waals surface area contributed by atoms with E-state index in [0.29, 0.717) is 0 Å². The van der Waals surface area contributed by atoms with Crippen molar-refractivity contribution in [2.75, 3.05) is 4.90 Å². The molecule has 0 aliphatic rings. The molecule has 296 valence electrons. The molecule has 0 aliphatic carbocycles. The number of nitrogens with zero attached hydrogens (tertiary/aromatic N) is 2. The van der Waals surface area contributed by atoms with Crippen molar-refractivity contribution < 1.29 is 0 Å². The van der Waals surface area contributed by atoms with E-state index in [4.69, 9.17) is 0 Å². The van der Waals surface area contributed by atoms with Crippen molar-refractivity contribution in [1.29, 1.82) is 0 Å². The van der Waals surface area contributed by atoms with E-state index in [0.717, 1.165) is 17.1 Å². The van der Waals surface area contributed by atoms with Gasteiger partial charge in [0.25, 0.3) is 0 Å². The van der Waals surface area contributed by atoms with Gasteiger partial charge in [0.2, 0.25) is 0 Å². The number of anilines is 3. The van der Waals surface area contributed by atoms with E-state index in [9.17, 15) is 0 Å². The molecule has 10 aromatic carbocycles. The highest BCUT2D eigenvalue weighted by atomic mass is 32.1. The van der Waals surface area contributed by atoms with Gasteiger partial charge in [-0.1, -0.05) is 182 Å². The molecule has 2 aromatic heterocycles. The van der Waals surface area contributed by atoms with Crippen LogP contribution in [-0.2, 0) is 0 Å². The van der Waals surface area contributed by atoms with E-state index < -0.39 is 0 Å². The van der Waals surface area contributed by atoms with Crippen LogP contribution in [0, 0.1) is 0 Å². The van der Waals surface area contributed by atoms with Gasteiger partial charge in [-0.15, -0.1) is 11.3 Å². The first kappa shape index (κ1) is 36.8. The number of aromatic nitrogens is 1. The minimum Gasteiger partial charge on any atom is -0.309 e.